The van der Waals surface area contributed by atoms with Crippen molar-refractivity contribution in [3.63, 3.8) is 0 Å². The van der Waals surface area contributed by atoms with Crippen molar-refractivity contribution >= 4 is 16.4 Å². The Morgan fingerprint density at radius 2 is 1.01 bits per heavy atom. The van der Waals surface area contributed by atoms with Crippen LogP contribution in [-0.4, -0.2) is 97.5 Å². The zero-order valence-electron chi connectivity index (χ0n) is 43.2. The molecule has 12 nitrogen and oxygen atoms in total. The molecule has 1 rings (SSSR count). The maximum absolute atomic E-state index is 12.9. The number of aliphatic hydroxyl groups is 3. The van der Waals surface area contributed by atoms with Crippen molar-refractivity contribution in [1.29, 1.82) is 0 Å². The summed E-state index contributed by atoms with van der Waals surface area (Å²) in [5.41, 5.74) is 0. The van der Waals surface area contributed by atoms with Gasteiger partial charge in [-0.1, -0.05) is 230 Å². The molecule has 68 heavy (non-hydrogen) atoms. The van der Waals surface area contributed by atoms with E-state index in [0.29, 0.717) is 13.0 Å². The maximum atomic E-state index is 12.9. The highest BCUT2D eigenvalue weighted by Crippen LogP contribution is 2.26. The van der Waals surface area contributed by atoms with Crippen LogP contribution in [0.2, 0.25) is 0 Å². The second kappa shape index (κ2) is 46.4. The van der Waals surface area contributed by atoms with Crippen molar-refractivity contribution in [2.75, 3.05) is 26.4 Å². The quantitative estimate of drug-likeness (QED) is 0.0197. The third kappa shape index (κ3) is 39.0. The average Bonchev–Trinajstić information content (AvgIpc) is 3.31. The zero-order valence-corrected chi connectivity index (χ0v) is 44.0. The second-order valence-corrected chi connectivity index (χ2v) is 20.2. The van der Waals surface area contributed by atoms with E-state index in [2.05, 4.69) is 54.5 Å². The van der Waals surface area contributed by atoms with Crippen LogP contribution in [0.3, 0.4) is 0 Å². The number of allylic oxidation sites excluding steroid dienone is 6. The number of carbonyl (C=O) groups is 1. The highest BCUT2D eigenvalue weighted by atomic mass is 32.3. The Hall–Kier alpha value is -1.68. The number of unbranched alkanes of at least 4 members (excludes halogenated alkanes) is 30. The molecule has 1 aliphatic heterocycles. The van der Waals surface area contributed by atoms with Crippen LogP contribution in [0.15, 0.2) is 36.5 Å². The molecular weight excluding hydrogens is 885 g/mol. The third-order valence-corrected chi connectivity index (χ3v) is 13.2. The number of aliphatic hydroxyl groups excluding tert-OH is 3. The topological polar surface area (TPSA) is 178 Å². The van der Waals surface area contributed by atoms with Gasteiger partial charge in [0.05, 0.1) is 19.8 Å². The van der Waals surface area contributed by atoms with Crippen LogP contribution >= 0.6 is 0 Å². The summed E-state index contributed by atoms with van der Waals surface area (Å²) in [6, 6.07) is 0. The van der Waals surface area contributed by atoms with E-state index in [9.17, 15) is 33.1 Å². The van der Waals surface area contributed by atoms with E-state index in [-0.39, 0.29) is 19.6 Å². The van der Waals surface area contributed by atoms with Gasteiger partial charge in [-0.3, -0.25) is 9.35 Å². The van der Waals surface area contributed by atoms with Crippen molar-refractivity contribution in [3.05, 3.63) is 36.5 Å². The lowest BCUT2D eigenvalue weighted by Crippen LogP contribution is -2.60. The summed E-state index contributed by atoms with van der Waals surface area (Å²) >= 11 is 0. The molecule has 0 radical (unpaired) electrons. The zero-order chi connectivity index (χ0) is 49.6. The molecule has 0 aromatic heterocycles. The van der Waals surface area contributed by atoms with Gasteiger partial charge in [0.15, 0.2) is 6.29 Å². The predicted molar refractivity (Wildman–Crippen MR) is 276 cm³/mol. The van der Waals surface area contributed by atoms with Gasteiger partial charge >= 0.3 is 16.4 Å². The van der Waals surface area contributed by atoms with Crippen molar-refractivity contribution in [3.8, 4) is 0 Å². The van der Waals surface area contributed by atoms with E-state index in [4.69, 9.17) is 18.9 Å². The molecule has 400 valence electrons. The molecule has 0 aromatic carbocycles. The lowest BCUT2D eigenvalue weighted by molar-refractivity contribution is -0.301. The second-order valence-electron chi connectivity index (χ2n) is 19.2. The minimum Gasteiger partial charge on any atom is -0.457 e. The molecule has 1 saturated heterocycles. The summed E-state index contributed by atoms with van der Waals surface area (Å²) in [4.78, 5) is 12.9. The van der Waals surface area contributed by atoms with Crippen LogP contribution < -0.4 is 0 Å². The first kappa shape index (κ1) is 64.3. The number of rotatable bonds is 49. The molecule has 6 unspecified atom stereocenters. The van der Waals surface area contributed by atoms with Crippen LogP contribution in [-0.2, 0) is 38.3 Å². The van der Waals surface area contributed by atoms with Crippen molar-refractivity contribution in [2.24, 2.45) is 0 Å². The molecule has 13 heteroatoms. The Morgan fingerprint density at radius 3 is 1.49 bits per heavy atom. The van der Waals surface area contributed by atoms with E-state index in [1.165, 1.54) is 154 Å². The minimum absolute atomic E-state index is 0.0337. The van der Waals surface area contributed by atoms with Gasteiger partial charge in [-0.25, -0.2) is 4.18 Å². The molecular formula is C55H102O12S. The summed E-state index contributed by atoms with van der Waals surface area (Å²) < 4.78 is 59.4. The highest BCUT2D eigenvalue weighted by molar-refractivity contribution is 7.80. The monoisotopic (exact) mass is 987 g/mol. The van der Waals surface area contributed by atoms with Crippen LogP contribution in [0.4, 0.5) is 0 Å². The average molecular weight is 987 g/mol. The molecule has 0 aromatic rings. The Bertz CT molecular complexity index is 1320. The van der Waals surface area contributed by atoms with Gasteiger partial charge in [-0.2, -0.15) is 8.42 Å². The number of ether oxygens (including phenoxy) is 4. The van der Waals surface area contributed by atoms with Crippen LogP contribution in [0, 0.1) is 0 Å². The predicted octanol–water partition coefficient (Wildman–Crippen LogP) is 13.3. The number of hydrogen-bond donors (Lipinski definition) is 4. The van der Waals surface area contributed by atoms with Gasteiger partial charge in [0, 0.05) is 13.0 Å². The van der Waals surface area contributed by atoms with E-state index in [0.717, 1.165) is 64.2 Å². The number of esters is 1. The first-order valence-electron chi connectivity index (χ1n) is 27.7. The first-order chi connectivity index (χ1) is 33.1. The van der Waals surface area contributed by atoms with Crippen LogP contribution in [0.5, 0.6) is 0 Å². The lowest BCUT2D eigenvalue weighted by atomic mass is 9.99. The van der Waals surface area contributed by atoms with Crippen molar-refractivity contribution < 1.29 is 56.2 Å². The Labute approximate surface area is 415 Å². The molecule has 0 saturated carbocycles. The highest BCUT2D eigenvalue weighted by Gasteiger charge is 2.48. The van der Waals surface area contributed by atoms with E-state index < -0.39 is 59.8 Å². The molecule has 0 aliphatic carbocycles. The SMILES string of the molecule is CC/C=C\C/C=C\C/C=C\CCCCCCCCCCOCC(COC1OC(CO)C(O)C(OS(=O)(=O)O)C1O)OC(=O)CCCCCCCCCCCCCCCCCCCCCCCCC. The Kier molecular flexibility index (Phi) is 43.9. The molecule has 1 heterocycles. The summed E-state index contributed by atoms with van der Waals surface area (Å²) in [5.74, 6) is -0.397. The molecule has 6 atom stereocenters. The van der Waals surface area contributed by atoms with Crippen molar-refractivity contribution in [1.82, 2.24) is 0 Å². The number of carbonyl (C=O) groups excluding carboxylic acids is 1. The number of hydrogen-bond acceptors (Lipinski definition) is 11. The Balaban J connectivity index is 2.30. The van der Waals surface area contributed by atoms with Gasteiger partial charge < -0.3 is 34.3 Å². The Morgan fingerprint density at radius 1 is 0.574 bits per heavy atom. The summed E-state index contributed by atoms with van der Waals surface area (Å²) in [5, 5.41) is 30.8. The smallest absolute Gasteiger partial charge is 0.397 e. The van der Waals surface area contributed by atoms with Crippen molar-refractivity contribution in [2.45, 2.75) is 282 Å². The van der Waals surface area contributed by atoms with Gasteiger partial charge in [0.2, 0.25) is 0 Å². The van der Waals surface area contributed by atoms with Crippen LogP contribution in [0.1, 0.15) is 245 Å². The van der Waals surface area contributed by atoms with Gasteiger partial charge in [0.25, 0.3) is 0 Å². The van der Waals surface area contributed by atoms with E-state index >= 15 is 0 Å². The summed E-state index contributed by atoms with van der Waals surface area (Å²) in [6.07, 6.45) is 47.5. The fourth-order valence-corrected chi connectivity index (χ4v) is 9.14. The molecule has 1 fully saturated rings. The summed E-state index contributed by atoms with van der Waals surface area (Å²) in [7, 11) is -5.07. The lowest BCUT2D eigenvalue weighted by Gasteiger charge is -2.41. The van der Waals surface area contributed by atoms with E-state index in [1.54, 1.807) is 0 Å². The fourth-order valence-electron chi connectivity index (χ4n) is 8.63. The largest absolute Gasteiger partial charge is 0.457 e. The van der Waals surface area contributed by atoms with E-state index in [1.807, 2.05) is 0 Å². The fraction of sp³-hybridized carbons (Fsp3) is 0.873. The molecule has 0 bridgehead atoms. The first-order valence-corrected chi connectivity index (χ1v) is 29.1. The molecule has 1 aliphatic rings. The standard InChI is InChI=1S/C55H102O12S/c1-3-5-7-9-11-13-15-17-19-21-23-24-25-26-27-28-30-32-34-36-38-40-42-44-51(57)65-49(48-64-55-53(59)54(67-68(60,61)62)52(58)50(46-56)66-55)47-63-45-43-41-39-37-35-33-31-29-22-20-18-16-14-12-10-8-6-4-2/h6,8,12,14,18,20,49-50,52-56,58-59H,3-5,7,9-11,13,15-17,19,21-48H2,1-2H3,(H,60,61,62)/b8-6-,14-12-,20-18-. The van der Waals surface area contributed by atoms with Crippen LogP contribution in [0.25, 0.3) is 0 Å². The minimum atomic E-state index is -5.07. The summed E-state index contributed by atoms with van der Waals surface area (Å²) in [6.45, 7) is 3.91. The maximum Gasteiger partial charge on any atom is 0.397 e. The molecule has 0 spiro atoms. The molecule has 4 N–H and O–H groups in total. The normalized spacial score (nSPS) is 19.5. The van der Waals surface area contributed by atoms with Gasteiger partial charge in [0.1, 0.15) is 30.5 Å². The third-order valence-electron chi connectivity index (χ3n) is 12.8. The van der Waals surface area contributed by atoms with Gasteiger partial charge in [-0.15, -0.1) is 0 Å². The van der Waals surface area contributed by atoms with Gasteiger partial charge in [-0.05, 0) is 44.9 Å². The molecule has 0 amide bonds.